The van der Waals surface area contributed by atoms with Gasteiger partial charge in [0.25, 0.3) is 0 Å². The quantitative estimate of drug-likeness (QED) is 0.342. The summed E-state index contributed by atoms with van der Waals surface area (Å²) < 4.78 is 14.1. The zero-order chi connectivity index (χ0) is 20.6. The zero-order valence-electron chi connectivity index (χ0n) is 17.3. The summed E-state index contributed by atoms with van der Waals surface area (Å²) in [5.74, 6) is 1.03. The predicted molar refractivity (Wildman–Crippen MR) is 119 cm³/mol. The molecule has 154 valence electrons. The third-order valence-corrected chi connectivity index (χ3v) is 7.57. The molecule has 1 aliphatic carbocycles. The fourth-order valence-corrected chi connectivity index (χ4v) is 4.46. The molecule has 29 heavy (non-hydrogen) atoms. The molecule has 0 aliphatic heterocycles. The van der Waals surface area contributed by atoms with Gasteiger partial charge < -0.3 is 9.47 Å². The van der Waals surface area contributed by atoms with Crippen molar-refractivity contribution in [1.82, 2.24) is 24.7 Å². The number of halogens is 1. The first-order valence-electron chi connectivity index (χ1n) is 9.86. The number of hydrogen-bond acceptors (Lipinski definition) is 6. The number of rotatable bonds is 8. The third kappa shape index (κ3) is 4.51. The summed E-state index contributed by atoms with van der Waals surface area (Å²) in [4.78, 5) is 13.5. The SMILES string of the molecule is COc1ncnc(C2CC2)c1-c1cc2c(Br)n(COCC[Si](C)(C)C)nc2cn1. The highest BCUT2D eigenvalue weighted by Crippen LogP contribution is 2.45. The van der Waals surface area contributed by atoms with Crippen LogP contribution >= 0.6 is 15.9 Å². The maximum absolute atomic E-state index is 5.86. The van der Waals surface area contributed by atoms with Gasteiger partial charge in [0.15, 0.2) is 0 Å². The fraction of sp³-hybridized carbons (Fsp3) is 0.500. The second-order valence-electron chi connectivity index (χ2n) is 8.64. The number of fused-ring (bicyclic) bond motifs is 1. The molecule has 0 N–H and O–H groups in total. The lowest BCUT2D eigenvalue weighted by atomic mass is 10.1. The van der Waals surface area contributed by atoms with Gasteiger partial charge in [0.05, 0.1) is 30.3 Å². The monoisotopic (exact) mass is 475 g/mol. The van der Waals surface area contributed by atoms with E-state index in [0.717, 1.165) is 58.0 Å². The molecule has 1 saturated carbocycles. The molecule has 3 heterocycles. The first-order valence-corrected chi connectivity index (χ1v) is 14.4. The molecule has 4 rings (SSSR count). The highest BCUT2D eigenvalue weighted by atomic mass is 79.9. The molecule has 0 aromatic carbocycles. The number of aromatic nitrogens is 5. The summed E-state index contributed by atoms with van der Waals surface area (Å²) in [6.07, 6.45) is 5.65. The van der Waals surface area contributed by atoms with Gasteiger partial charge in [-0.05, 0) is 40.9 Å². The molecule has 0 atom stereocenters. The van der Waals surface area contributed by atoms with Crippen molar-refractivity contribution in [2.45, 2.75) is 51.2 Å². The first kappa shape index (κ1) is 20.4. The Balaban J connectivity index is 1.63. The Labute approximate surface area is 180 Å². The highest BCUT2D eigenvalue weighted by molar-refractivity contribution is 9.10. The number of nitrogens with zero attached hydrogens (tertiary/aromatic N) is 5. The smallest absolute Gasteiger partial charge is 0.226 e. The summed E-state index contributed by atoms with van der Waals surface area (Å²) in [5, 5.41) is 5.61. The lowest BCUT2D eigenvalue weighted by molar-refractivity contribution is 0.0775. The molecule has 7 nitrogen and oxygen atoms in total. The minimum atomic E-state index is -1.10. The van der Waals surface area contributed by atoms with Gasteiger partial charge in [-0.2, -0.15) is 5.10 Å². The summed E-state index contributed by atoms with van der Waals surface area (Å²) >= 11 is 3.68. The van der Waals surface area contributed by atoms with Crippen LogP contribution in [0.1, 0.15) is 24.5 Å². The van der Waals surface area contributed by atoms with Crippen LogP contribution in [0.3, 0.4) is 0 Å². The van der Waals surface area contributed by atoms with Crippen LogP contribution in [0.2, 0.25) is 25.7 Å². The van der Waals surface area contributed by atoms with Gasteiger partial charge in [0.2, 0.25) is 5.88 Å². The van der Waals surface area contributed by atoms with Crippen LogP contribution in [-0.4, -0.2) is 46.5 Å². The molecule has 0 amide bonds. The third-order valence-electron chi connectivity index (χ3n) is 5.03. The van der Waals surface area contributed by atoms with E-state index in [0.29, 0.717) is 18.5 Å². The summed E-state index contributed by atoms with van der Waals surface area (Å²) in [6.45, 7) is 8.21. The van der Waals surface area contributed by atoms with Gasteiger partial charge in [0, 0.05) is 26.0 Å². The molecule has 9 heteroatoms. The molecular weight excluding hydrogens is 450 g/mol. The Morgan fingerprint density at radius 1 is 1.21 bits per heavy atom. The van der Waals surface area contributed by atoms with E-state index in [2.05, 4.69) is 55.6 Å². The van der Waals surface area contributed by atoms with Gasteiger partial charge in [0.1, 0.15) is 23.2 Å². The van der Waals surface area contributed by atoms with Crippen LogP contribution in [0, 0.1) is 0 Å². The topological polar surface area (TPSA) is 75.0 Å². The molecule has 1 fully saturated rings. The molecule has 0 bridgehead atoms. The lowest BCUT2D eigenvalue weighted by Crippen LogP contribution is -2.22. The van der Waals surface area contributed by atoms with Crippen molar-refractivity contribution in [1.29, 1.82) is 0 Å². The van der Waals surface area contributed by atoms with Crippen molar-refractivity contribution >= 4 is 34.9 Å². The largest absolute Gasteiger partial charge is 0.480 e. The Morgan fingerprint density at radius 3 is 2.69 bits per heavy atom. The molecule has 0 saturated heterocycles. The van der Waals surface area contributed by atoms with Crippen LogP contribution in [0.25, 0.3) is 22.2 Å². The Hall–Kier alpha value is -1.84. The highest BCUT2D eigenvalue weighted by Gasteiger charge is 2.31. The second kappa shape index (κ2) is 8.12. The number of hydrogen-bond donors (Lipinski definition) is 0. The van der Waals surface area contributed by atoms with Crippen molar-refractivity contribution in [3.05, 3.63) is 28.9 Å². The number of ether oxygens (including phenoxy) is 2. The maximum atomic E-state index is 5.86. The van der Waals surface area contributed by atoms with E-state index in [1.54, 1.807) is 19.6 Å². The van der Waals surface area contributed by atoms with E-state index in [1.165, 1.54) is 0 Å². The van der Waals surface area contributed by atoms with E-state index in [-0.39, 0.29) is 0 Å². The molecule has 1 aliphatic rings. The van der Waals surface area contributed by atoms with E-state index >= 15 is 0 Å². The van der Waals surface area contributed by atoms with Crippen molar-refractivity contribution < 1.29 is 9.47 Å². The Bertz CT molecular complexity index is 1030. The van der Waals surface area contributed by atoms with Crippen molar-refractivity contribution in [3.8, 4) is 17.1 Å². The van der Waals surface area contributed by atoms with Crippen LogP contribution < -0.4 is 4.74 Å². The van der Waals surface area contributed by atoms with Crippen LogP contribution in [-0.2, 0) is 11.5 Å². The summed E-state index contributed by atoms with van der Waals surface area (Å²) in [7, 11) is 0.527. The molecule has 3 aromatic heterocycles. The fourth-order valence-electron chi connectivity index (χ4n) is 3.20. The second-order valence-corrected chi connectivity index (χ2v) is 15.0. The average molecular weight is 476 g/mol. The minimum Gasteiger partial charge on any atom is -0.480 e. The van der Waals surface area contributed by atoms with Crippen LogP contribution in [0.15, 0.2) is 23.2 Å². The van der Waals surface area contributed by atoms with Gasteiger partial charge in [-0.25, -0.2) is 14.6 Å². The molecule has 0 unspecified atom stereocenters. The molecule has 0 spiro atoms. The maximum Gasteiger partial charge on any atom is 0.226 e. The van der Waals surface area contributed by atoms with Gasteiger partial charge >= 0.3 is 0 Å². The predicted octanol–water partition coefficient (Wildman–Crippen LogP) is 4.85. The number of pyridine rings is 1. The van der Waals surface area contributed by atoms with Crippen LogP contribution in [0.5, 0.6) is 5.88 Å². The van der Waals surface area contributed by atoms with E-state index in [9.17, 15) is 0 Å². The standard InChI is InChI=1S/C20H26BrN5O2Si/c1-27-20-17(18(13-5-6-13)23-11-24-20)15-9-14-16(10-22-15)25-26(19(14)21)12-28-7-8-29(2,3)4/h9-11,13H,5-8,12H2,1-4H3. The van der Waals surface area contributed by atoms with Gasteiger partial charge in [-0.3, -0.25) is 4.98 Å². The van der Waals surface area contributed by atoms with E-state index < -0.39 is 8.07 Å². The zero-order valence-corrected chi connectivity index (χ0v) is 19.9. The Kier molecular flexibility index (Phi) is 5.72. The van der Waals surface area contributed by atoms with Crippen molar-refractivity contribution in [2.24, 2.45) is 0 Å². The molecule has 3 aromatic rings. The summed E-state index contributed by atoms with van der Waals surface area (Å²) in [5.41, 5.74) is 3.52. The normalized spacial score (nSPS) is 14.5. The van der Waals surface area contributed by atoms with E-state index in [4.69, 9.17) is 9.47 Å². The van der Waals surface area contributed by atoms with Crippen molar-refractivity contribution in [2.75, 3.05) is 13.7 Å². The van der Waals surface area contributed by atoms with Crippen LogP contribution in [0.4, 0.5) is 0 Å². The average Bonchev–Trinajstić information content (AvgIpc) is 3.49. The molecule has 0 radical (unpaired) electrons. The summed E-state index contributed by atoms with van der Waals surface area (Å²) in [6, 6.07) is 3.16. The first-order chi connectivity index (χ1) is 13.9. The van der Waals surface area contributed by atoms with Gasteiger partial charge in [-0.15, -0.1) is 0 Å². The minimum absolute atomic E-state index is 0.417. The number of methoxy groups -OCH3 is 1. The lowest BCUT2D eigenvalue weighted by Gasteiger charge is -2.15. The van der Waals surface area contributed by atoms with Gasteiger partial charge in [-0.1, -0.05) is 19.6 Å². The van der Waals surface area contributed by atoms with Crippen molar-refractivity contribution in [3.63, 3.8) is 0 Å². The molecular formula is C20H26BrN5O2Si. The van der Waals surface area contributed by atoms with E-state index in [1.807, 2.05) is 10.7 Å². The Morgan fingerprint density at radius 2 is 2.00 bits per heavy atom.